The fourth-order valence-electron chi connectivity index (χ4n) is 2.92. The Morgan fingerprint density at radius 1 is 0.966 bits per heavy atom. The Balaban J connectivity index is 1.45. The number of carbonyl (C=O) groups excluding carboxylic acids is 2. The predicted molar refractivity (Wildman–Crippen MR) is 116 cm³/mol. The molecule has 3 rings (SSSR count). The molecule has 1 saturated carbocycles. The first-order valence-electron chi connectivity index (χ1n) is 9.53. The number of carbonyl (C=O) groups is 2. The zero-order chi connectivity index (χ0) is 20.6. The molecule has 6 nitrogen and oxygen atoms in total. The quantitative estimate of drug-likeness (QED) is 0.644. The van der Waals surface area contributed by atoms with Crippen LogP contribution in [-0.4, -0.2) is 48.5 Å². The van der Waals surface area contributed by atoms with E-state index in [-0.39, 0.29) is 17.6 Å². The van der Waals surface area contributed by atoms with E-state index < -0.39 is 0 Å². The standard InChI is InChI=1S/C22H26N2O4S/c1-27-19-9-3-16(4-10-19)13-24(18-7-8-18)22(26)15-29-14-21(25)23-17-5-11-20(28-2)12-6-17/h3-6,9-12,18H,7-8,13-15H2,1-2H3,(H,23,25). The summed E-state index contributed by atoms with van der Waals surface area (Å²) in [6.45, 7) is 0.589. The minimum atomic E-state index is -0.124. The fourth-order valence-corrected chi connectivity index (χ4v) is 3.62. The molecule has 29 heavy (non-hydrogen) atoms. The Bertz CT molecular complexity index is 820. The van der Waals surface area contributed by atoms with Gasteiger partial charge in [0, 0.05) is 18.3 Å². The molecule has 1 fully saturated rings. The van der Waals surface area contributed by atoms with Crippen molar-refractivity contribution in [3.05, 3.63) is 54.1 Å². The van der Waals surface area contributed by atoms with Crippen LogP contribution in [-0.2, 0) is 16.1 Å². The van der Waals surface area contributed by atoms with Crippen molar-refractivity contribution in [3.63, 3.8) is 0 Å². The molecular weight excluding hydrogens is 388 g/mol. The van der Waals surface area contributed by atoms with Crippen LogP contribution >= 0.6 is 11.8 Å². The molecule has 154 valence electrons. The minimum Gasteiger partial charge on any atom is -0.497 e. The lowest BCUT2D eigenvalue weighted by molar-refractivity contribution is -0.129. The second-order valence-corrected chi connectivity index (χ2v) is 7.86. The number of hydrogen-bond donors (Lipinski definition) is 1. The van der Waals surface area contributed by atoms with Crippen LogP contribution in [0.3, 0.4) is 0 Å². The second kappa shape index (κ2) is 10.2. The SMILES string of the molecule is COc1ccc(CN(C(=O)CSCC(=O)Nc2ccc(OC)cc2)C2CC2)cc1. The lowest BCUT2D eigenvalue weighted by atomic mass is 10.2. The molecule has 1 aliphatic carbocycles. The Morgan fingerprint density at radius 3 is 2.10 bits per heavy atom. The number of rotatable bonds is 10. The summed E-state index contributed by atoms with van der Waals surface area (Å²) in [7, 11) is 3.23. The number of thioether (sulfide) groups is 1. The molecule has 0 bridgehead atoms. The maximum atomic E-state index is 12.7. The number of nitrogens with zero attached hydrogens (tertiary/aromatic N) is 1. The summed E-state index contributed by atoms with van der Waals surface area (Å²) >= 11 is 1.34. The molecule has 0 spiro atoms. The van der Waals surface area contributed by atoms with Gasteiger partial charge >= 0.3 is 0 Å². The largest absolute Gasteiger partial charge is 0.497 e. The van der Waals surface area contributed by atoms with Crippen molar-refractivity contribution in [3.8, 4) is 11.5 Å². The van der Waals surface area contributed by atoms with E-state index in [1.165, 1.54) is 11.8 Å². The number of anilines is 1. The van der Waals surface area contributed by atoms with Gasteiger partial charge in [0.15, 0.2) is 0 Å². The number of nitrogens with one attached hydrogen (secondary N) is 1. The van der Waals surface area contributed by atoms with Crippen LogP contribution in [0.25, 0.3) is 0 Å². The fraction of sp³-hybridized carbons (Fsp3) is 0.364. The van der Waals surface area contributed by atoms with Gasteiger partial charge in [-0.15, -0.1) is 11.8 Å². The highest BCUT2D eigenvalue weighted by Gasteiger charge is 2.32. The third-order valence-corrected chi connectivity index (χ3v) is 5.57. The summed E-state index contributed by atoms with van der Waals surface area (Å²) in [6, 6.07) is 15.3. The van der Waals surface area contributed by atoms with Crippen molar-refractivity contribution >= 4 is 29.3 Å². The van der Waals surface area contributed by atoms with Gasteiger partial charge in [0.1, 0.15) is 11.5 Å². The summed E-state index contributed by atoms with van der Waals surface area (Å²) in [5, 5.41) is 2.83. The van der Waals surface area contributed by atoms with E-state index in [9.17, 15) is 9.59 Å². The zero-order valence-corrected chi connectivity index (χ0v) is 17.5. The smallest absolute Gasteiger partial charge is 0.234 e. The highest BCUT2D eigenvalue weighted by Crippen LogP contribution is 2.29. The van der Waals surface area contributed by atoms with Crippen LogP contribution in [0.4, 0.5) is 5.69 Å². The van der Waals surface area contributed by atoms with Crippen molar-refractivity contribution in [2.45, 2.75) is 25.4 Å². The normalized spacial score (nSPS) is 12.9. The Kier molecular flexibility index (Phi) is 7.41. The van der Waals surface area contributed by atoms with Crippen LogP contribution < -0.4 is 14.8 Å². The van der Waals surface area contributed by atoms with Gasteiger partial charge in [-0.3, -0.25) is 9.59 Å². The summed E-state index contributed by atoms with van der Waals surface area (Å²) in [6.07, 6.45) is 2.09. The Labute approximate surface area is 175 Å². The van der Waals surface area contributed by atoms with Crippen LogP contribution in [0.5, 0.6) is 11.5 Å². The third kappa shape index (κ3) is 6.42. The van der Waals surface area contributed by atoms with E-state index in [0.29, 0.717) is 24.0 Å². The van der Waals surface area contributed by atoms with Gasteiger partial charge in [0.05, 0.1) is 25.7 Å². The van der Waals surface area contributed by atoms with Gasteiger partial charge in [0.2, 0.25) is 11.8 Å². The Hall–Kier alpha value is -2.67. The number of ether oxygens (including phenoxy) is 2. The molecule has 0 radical (unpaired) electrons. The van der Waals surface area contributed by atoms with Crippen molar-refractivity contribution in [1.29, 1.82) is 0 Å². The molecule has 2 amide bonds. The molecular formula is C22H26N2O4S. The van der Waals surface area contributed by atoms with E-state index >= 15 is 0 Å². The molecule has 0 aromatic heterocycles. The van der Waals surface area contributed by atoms with Crippen molar-refractivity contribution < 1.29 is 19.1 Å². The minimum absolute atomic E-state index is 0.0746. The molecule has 0 saturated heterocycles. The number of amides is 2. The molecule has 0 atom stereocenters. The lowest BCUT2D eigenvalue weighted by Crippen LogP contribution is -2.34. The molecule has 0 unspecified atom stereocenters. The molecule has 2 aromatic carbocycles. The third-order valence-electron chi connectivity index (χ3n) is 4.65. The van der Waals surface area contributed by atoms with Gasteiger partial charge in [-0.2, -0.15) is 0 Å². The van der Waals surface area contributed by atoms with Gasteiger partial charge < -0.3 is 19.7 Å². The average Bonchev–Trinajstić information content (AvgIpc) is 3.58. The first kappa shape index (κ1) is 21.0. The number of methoxy groups -OCH3 is 2. The van der Waals surface area contributed by atoms with Gasteiger partial charge in [0.25, 0.3) is 0 Å². The van der Waals surface area contributed by atoms with Crippen molar-refractivity contribution in [2.75, 3.05) is 31.0 Å². The topological polar surface area (TPSA) is 67.9 Å². The average molecular weight is 415 g/mol. The highest BCUT2D eigenvalue weighted by atomic mass is 32.2. The lowest BCUT2D eigenvalue weighted by Gasteiger charge is -2.22. The summed E-state index contributed by atoms with van der Waals surface area (Å²) < 4.78 is 10.3. The zero-order valence-electron chi connectivity index (χ0n) is 16.7. The molecule has 1 N–H and O–H groups in total. The number of benzene rings is 2. The van der Waals surface area contributed by atoms with Crippen LogP contribution in [0.15, 0.2) is 48.5 Å². The van der Waals surface area contributed by atoms with E-state index in [2.05, 4.69) is 5.32 Å². The van der Waals surface area contributed by atoms with Crippen molar-refractivity contribution in [2.24, 2.45) is 0 Å². The first-order chi connectivity index (χ1) is 14.1. The summed E-state index contributed by atoms with van der Waals surface area (Å²) in [5.74, 6) is 2.02. The van der Waals surface area contributed by atoms with Crippen molar-refractivity contribution in [1.82, 2.24) is 4.90 Å². The molecule has 1 aliphatic rings. The first-order valence-corrected chi connectivity index (χ1v) is 10.7. The molecule has 7 heteroatoms. The second-order valence-electron chi connectivity index (χ2n) is 6.87. The van der Waals surface area contributed by atoms with E-state index in [1.54, 1.807) is 38.5 Å². The molecule has 0 aliphatic heterocycles. The van der Waals surface area contributed by atoms with Crippen LogP contribution in [0.2, 0.25) is 0 Å². The summed E-state index contributed by atoms with van der Waals surface area (Å²) in [4.78, 5) is 26.7. The summed E-state index contributed by atoms with van der Waals surface area (Å²) in [5.41, 5.74) is 1.79. The van der Waals surface area contributed by atoms with E-state index in [1.807, 2.05) is 29.2 Å². The molecule has 0 heterocycles. The predicted octanol–water partition coefficient (Wildman–Crippen LogP) is 3.57. The maximum absolute atomic E-state index is 12.7. The van der Waals surface area contributed by atoms with Gasteiger partial charge in [-0.1, -0.05) is 12.1 Å². The highest BCUT2D eigenvalue weighted by molar-refractivity contribution is 8.00. The Morgan fingerprint density at radius 2 is 1.55 bits per heavy atom. The molecule has 2 aromatic rings. The van der Waals surface area contributed by atoms with E-state index in [0.717, 1.165) is 29.9 Å². The van der Waals surface area contributed by atoms with Crippen LogP contribution in [0.1, 0.15) is 18.4 Å². The van der Waals surface area contributed by atoms with Gasteiger partial charge in [-0.25, -0.2) is 0 Å². The number of hydrogen-bond acceptors (Lipinski definition) is 5. The van der Waals surface area contributed by atoms with E-state index in [4.69, 9.17) is 9.47 Å². The van der Waals surface area contributed by atoms with Crippen LogP contribution in [0, 0.1) is 0 Å². The van der Waals surface area contributed by atoms with Gasteiger partial charge in [-0.05, 0) is 54.8 Å². The monoisotopic (exact) mass is 414 g/mol. The maximum Gasteiger partial charge on any atom is 0.234 e.